The normalized spacial score (nSPS) is 41.1. The van der Waals surface area contributed by atoms with Gasteiger partial charge in [-0.2, -0.15) is 0 Å². The molecular weight excluding hydrogens is 819 g/mol. The molecule has 0 bridgehead atoms. The lowest BCUT2D eigenvalue weighted by Crippen LogP contribution is -2.59. The van der Waals surface area contributed by atoms with Crippen molar-refractivity contribution in [2.45, 2.75) is 175 Å². The molecule has 0 aromatic rings. The van der Waals surface area contributed by atoms with Crippen LogP contribution in [0, 0.1) is 35.5 Å². The van der Waals surface area contributed by atoms with Crippen molar-refractivity contribution < 1.29 is 73.1 Å². The number of aliphatic hydroxyl groups is 5. The van der Waals surface area contributed by atoms with Gasteiger partial charge in [-0.15, -0.1) is 0 Å². The van der Waals surface area contributed by atoms with Gasteiger partial charge in [-0.3, -0.25) is 4.79 Å². The number of carbonyl (C=O) groups excluding carboxylic acids is 3. The topological polar surface area (TPSA) is 243 Å². The van der Waals surface area contributed by atoms with E-state index < -0.39 is 115 Å². The zero-order valence-electron chi connectivity index (χ0n) is 39.1. The number of ether oxygens (including phenoxy) is 7. The zero-order chi connectivity index (χ0) is 47.5. The molecule has 0 unspecified atom stereocenters. The molecule has 0 aromatic heterocycles. The van der Waals surface area contributed by atoms with Crippen LogP contribution in [0.3, 0.4) is 0 Å². The molecule has 0 saturated carbocycles. The van der Waals surface area contributed by atoms with E-state index in [4.69, 9.17) is 38.9 Å². The Hall–Kier alpha value is -3.61. The molecule has 2 fully saturated rings. The zero-order valence-corrected chi connectivity index (χ0v) is 39.1. The predicted molar refractivity (Wildman–Crippen MR) is 233 cm³/mol. The first-order chi connectivity index (χ1) is 29.5. The first-order valence-corrected chi connectivity index (χ1v) is 22.2. The van der Waals surface area contributed by atoms with Crippen molar-refractivity contribution in [1.82, 2.24) is 0 Å². The number of carbonyl (C=O) groups is 3. The highest BCUT2D eigenvalue weighted by Crippen LogP contribution is 2.42. The van der Waals surface area contributed by atoms with Crippen LogP contribution >= 0.6 is 0 Å². The fraction of sp³-hybridized carbons (Fsp3) is 0.723. The van der Waals surface area contributed by atoms with E-state index >= 15 is 0 Å². The van der Waals surface area contributed by atoms with Crippen LogP contribution in [0.5, 0.6) is 0 Å². The van der Waals surface area contributed by atoms with Crippen LogP contribution in [0.4, 0.5) is 4.79 Å². The van der Waals surface area contributed by atoms with Crippen LogP contribution in [-0.2, 0) is 42.7 Å². The van der Waals surface area contributed by atoms with E-state index in [0.717, 1.165) is 5.57 Å². The van der Waals surface area contributed by atoms with Gasteiger partial charge in [0, 0.05) is 49.4 Å². The van der Waals surface area contributed by atoms with Gasteiger partial charge in [0.2, 0.25) is 5.76 Å². The Kier molecular flexibility index (Phi) is 20.5. The lowest BCUT2D eigenvalue weighted by molar-refractivity contribution is -0.339. The highest BCUT2D eigenvalue weighted by molar-refractivity contribution is 5.87. The van der Waals surface area contributed by atoms with Crippen LogP contribution < -0.4 is 5.73 Å². The summed E-state index contributed by atoms with van der Waals surface area (Å²) in [5.41, 5.74) is 6.76. The Labute approximate surface area is 373 Å². The van der Waals surface area contributed by atoms with Gasteiger partial charge in [0.1, 0.15) is 18.3 Å². The van der Waals surface area contributed by atoms with Crippen molar-refractivity contribution in [3.63, 3.8) is 0 Å². The number of nitrogens with two attached hydrogens (primary N) is 1. The molecule has 0 spiro atoms. The van der Waals surface area contributed by atoms with Gasteiger partial charge >= 0.3 is 18.0 Å². The first kappa shape index (κ1) is 53.7. The Morgan fingerprint density at radius 3 is 2.32 bits per heavy atom. The number of allylic oxidation sites excluding steroid dienone is 6. The minimum Gasteiger partial charge on any atom is -0.490 e. The fourth-order valence-corrected chi connectivity index (χ4v) is 9.05. The van der Waals surface area contributed by atoms with E-state index in [1.807, 2.05) is 34.6 Å². The lowest BCUT2D eigenvalue weighted by Gasteiger charge is -2.50. The summed E-state index contributed by atoms with van der Waals surface area (Å²) in [6.07, 6.45) is 0.346. The predicted octanol–water partition coefficient (Wildman–Crippen LogP) is 4.90. The molecule has 1 amide bonds. The molecule has 3 rings (SSSR count). The molecule has 63 heavy (non-hydrogen) atoms. The van der Waals surface area contributed by atoms with E-state index in [2.05, 4.69) is 0 Å². The number of amides is 1. The molecule has 18 atom stereocenters. The highest BCUT2D eigenvalue weighted by atomic mass is 16.7. The average Bonchev–Trinajstić information content (AvgIpc) is 3.20. The molecule has 3 aliphatic rings. The summed E-state index contributed by atoms with van der Waals surface area (Å²) in [6.45, 7) is 19.0. The van der Waals surface area contributed by atoms with Crippen LogP contribution in [0.15, 0.2) is 59.4 Å². The molecule has 0 aromatic carbocycles. The smallest absolute Gasteiger partial charge is 0.404 e. The van der Waals surface area contributed by atoms with Gasteiger partial charge in [-0.25, -0.2) is 9.59 Å². The van der Waals surface area contributed by atoms with Gasteiger partial charge in [0.25, 0.3) is 0 Å². The number of aliphatic hydroxyl groups excluding tert-OH is 4. The van der Waals surface area contributed by atoms with E-state index in [1.54, 1.807) is 65.0 Å². The summed E-state index contributed by atoms with van der Waals surface area (Å²) in [5.74, 6) is -7.22. The average molecular weight is 894 g/mol. The highest BCUT2D eigenvalue weighted by Gasteiger charge is 2.53. The third kappa shape index (κ3) is 14.4. The standard InChI is InChI=1S/C47H75NO15/c1-13-16-35-28(7)38(60-39-22-36(59-32(11)49)44(31(10)58-39)62-46(48)55)23-47(56,63-35)30(9)42(53)29(8)43-34(50)18-15-17-24(3)19-26(5)40(51)33(14-2)41(52)27(6)20-25(4)21-37(57-12)45(54)61-43/h13,15-18,20-21,26-31,33-36,38-44,50-53,56H,14,19,22-23H2,1-12H3,(H2,48,55)/b16-13+,18-15+,24-17+,25-20+,37-21-/t26-,27-,28-,29+,30+,31+,33+,34+,35-,36+,38-,39-,40+,41-,42-,43-,44+,47-/m1/s1. The van der Waals surface area contributed by atoms with Crippen LogP contribution in [-0.4, -0.2) is 124 Å². The summed E-state index contributed by atoms with van der Waals surface area (Å²) in [7, 11) is 1.30. The van der Waals surface area contributed by atoms with E-state index in [1.165, 1.54) is 26.2 Å². The van der Waals surface area contributed by atoms with Gasteiger partial charge in [-0.05, 0) is 52.5 Å². The number of esters is 2. The fourth-order valence-electron chi connectivity index (χ4n) is 9.05. The quantitative estimate of drug-likeness (QED) is 0.0918. The molecule has 0 aliphatic carbocycles. The Bertz CT molecular complexity index is 1680. The largest absolute Gasteiger partial charge is 0.490 e. The molecule has 0 radical (unpaired) electrons. The maximum Gasteiger partial charge on any atom is 0.404 e. The van der Waals surface area contributed by atoms with E-state index in [0.29, 0.717) is 18.4 Å². The van der Waals surface area contributed by atoms with E-state index in [9.17, 15) is 39.9 Å². The maximum atomic E-state index is 13.8. The van der Waals surface area contributed by atoms with Crippen molar-refractivity contribution >= 4 is 18.0 Å². The third-order valence-corrected chi connectivity index (χ3v) is 12.8. The number of hydrogen-bond donors (Lipinski definition) is 6. The summed E-state index contributed by atoms with van der Waals surface area (Å²) in [4.78, 5) is 37.5. The monoisotopic (exact) mass is 894 g/mol. The second kappa shape index (κ2) is 24.1. The molecule has 3 heterocycles. The number of rotatable bonds is 11. The number of primary amides is 1. The molecular formula is C47H75NO15. The first-order valence-electron chi connectivity index (χ1n) is 22.2. The minimum absolute atomic E-state index is 0.0183. The second-order valence-corrected chi connectivity index (χ2v) is 17.9. The molecule has 7 N–H and O–H groups in total. The molecule has 3 aliphatic heterocycles. The van der Waals surface area contributed by atoms with Crippen molar-refractivity contribution in [3.05, 3.63) is 59.4 Å². The van der Waals surface area contributed by atoms with Crippen molar-refractivity contribution in [1.29, 1.82) is 0 Å². The van der Waals surface area contributed by atoms with Crippen LogP contribution in [0.25, 0.3) is 0 Å². The third-order valence-electron chi connectivity index (χ3n) is 12.8. The maximum absolute atomic E-state index is 13.8. The van der Waals surface area contributed by atoms with Gasteiger partial charge in [0.15, 0.2) is 18.2 Å². The summed E-state index contributed by atoms with van der Waals surface area (Å²) < 4.78 is 41.0. The minimum atomic E-state index is -2.04. The number of cyclic esters (lactones) is 1. The summed E-state index contributed by atoms with van der Waals surface area (Å²) in [6, 6.07) is 0. The molecule has 2 saturated heterocycles. The molecule has 358 valence electrons. The van der Waals surface area contributed by atoms with Gasteiger partial charge < -0.3 is 64.4 Å². The van der Waals surface area contributed by atoms with Crippen molar-refractivity contribution in [2.24, 2.45) is 41.2 Å². The Morgan fingerprint density at radius 2 is 1.73 bits per heavy atom. The van der Waals surface area contributed by atoms with Gasteiger partial charge in [0.05, 0.1) is 43.7 Å². The summed E-state index contributed by atoms with van der Waals surface area (Å²) in [5, 5.41) is 58.8. The van der Waals surface area contributed by atoms with E-state index in [-0.39, 0.29) is 30.4 Å². The summed E-state index contributed by atoms with van der Waals surface area (Å²) >= 11 is 0. The number of methoxy groups -OCH3 is 1. The molecule has 16 nitrogen and oxygen atoms in total. The Morgan fingerprint density at radius 1 is 1.06 bits per heavy atom. The molecule has 16 heteroatoms. The lowest BCUT2D eigenvalue weighted by atomic mass is 9.77. The van der Waals surface area contributed by atoms with Crippen molar-refractivity contribution in [3.8, 4) is 0 Å². The Balaban J connectivity index is 1.99. The van der Waals surface area contributed by atoms with Crippen LogP contribution in [0.2, 0.25) is 0 Å². The number of hydrogen-bond acceptors (Lipinski definition) is 15. The second-order valence-electron chi connectivity index (χ2n) is 17.9. The van der Waals surface area contributed by atoms with Gasteiger partial charge in [-0.1, -0.05) is 89.1 Å². The SMILES string of the molecule is C/C=C/[C@H]1O[C@@](O)([C@@H](C)[C@H](O)[C@H](C)[C@H]2OC(=O)/C(OC)=C/C(C)=C/[C@@H](C)[C@@H](O)[C@@H](CC)[C@@H](O)[C@H](C)C/C(C)=C/C=C/[C@@H]2O)C[C@@H](O[C@@H]2C[C@H](OC(C)=O)[C@@H](OC(N)=O)[C@H](C)O2)[C@@H]1C. The van der Waals surface area contributed by atoms with Crippen LogP contribution in [0.1, 0.15) is 102 Å². The van der Waals surface area contributed by atoms with Crippen molar-refractivity contribution in [2.75, 3.05) is 7.11 Å².